The maximum Gasteiger partial charge on any atom is 0.00999 e. The topological polar surface area (TPSA) is 12.0 Å². The van der Waals surface area contributed by atoms with Crippen molar-refractivity contribution in [1.29, 1.82) is 0 Å². The van der Waals surface area contributed by atoms with Gasteiger partial charge in [-0.25, -0.2) is 0 Å². The first-order valence-corrected chi connectivity index (χ1v) is 8.29. The zero-order valence-electron chi connectivity index (χ0n) is 13.7. The van der Waals surface area contributed by atoms with Gasteiger partial charge in [-0.05, 0) is 56.4 Å². The van der Waals surface area contributed by atoms with Crippen molar-refractivity contribution in [3.05, 3.63) is 12.7 Å². The quantitative estimate of drug-likeness (QED) is 0.471. The van der Waals surface area contributed by atoms with Crippen LogP contribution in [0.3, 0.4) is 0 Å². The Morgan fingerprint density at radius 2 is 1.95 bits per heavy atom. The Hall–Kier alpha value is -0.300. The fourth-order valence-corrected chi connectivity index (χ4v) is 3.87. The molecule has 1 aliphatic carbocycles. The number of hydrogen-bond acceptors (Lipinski definition) is 1. The second-order valence-corrected chi connectivity index (χ2v) is 7.30. The number of unbranched alkanes of at least 4 members (excludes halogenated alkanes) is 3. The van der Waals surface area contributed by atoms with Crippen molar-refractivity contribution in [2.75, 3.05) is 7.05 Å². The molecule has 0 radical (unpaired) electrons. The SMILES string of the molecule is C=CCCCCCC(C)(C)C1CCC(C)CC1NC. The molecule has 0 aliphatic heterocycles. The first kappa shape index (κ1) is 16.8. The third kappa shape index (κ3) is 5.30. The maximum absolute atomic E-state index is 3.80. The summed E-state index contributed by atoms with van der Waals surface area (Å²) in [6.07, 6.45) is 12.9. The highest BCUT2D eigenvalue weighted by Gasteiger charge is 2.37. The molecule has 1 aliphatic rings. The van der Waals surface area contributed by atoms with E-state index in [0.717, 1.165) is 17.9 Å². The summed E-state index contributed by atoms with van der Waals surface area (Å²) in [5.74, 6) is 1.75. The van der Waals surface area contributed by atoms with Crippen molar-refractivity contribution in [1.82, 2.24) is 5.32 Å². The Balaban J connectivity index is 2.43. The molecule has 1 heteroatoms. The van der Waals surface area contributed by atoms with Gasteiger partial charge in [-0.3, -0.25) is 0 Å². The van der Waals surface area contributed by atoms with E-state index in [2.05, 4.69) is 39.7 Å². The lowest BCUT2D eigenvalue weighted by Gasteiger charge is -2.44. The van der Waals surface area contributed by atoms with E-state index in [-0.39, 0.29) is 0 Å². The van der Waals surface area contributed by atoms with E-state index in [1.807, 2.05) is 6.08 Å². The predicted molar refractivity (Wildman–Crippen MR) is 86.4 cm³/mol. The Labute approximate surface area is 121 Å². The molecule has 112 valence electrons. The monoisotopic (exact) mass is 265 g/mol. The van der Waals surface area contributed by atoms with Crippen molar-refractivity contribution in [3.63, 3.8) is 0 Å². The number of hydrogen-bond donors (Lipinski definition) is 1. The van der Waals surface area contributed by atoms with Crippen LogP contribution >= 0.6 is 0 Å². The van der Waals surface area contributed by atoms with E-state index in [1.54, 1.807) is 0 Å². The van der Waals surface area contributed by atoms with Crippen LogP contribution in [-0.2, 0) is 0 Å². The maximum atomic E-state index is 3.80. The number of rotatable bonds is 8. The smallest absolute Gasteiger partial charge is 0.00999 e. The number of nitrogens with one attached hydrogen (secondary N) is 1. The molecule has 0 heterocycles. The summed E-state index contributed by atoms with van der Waals surface area (Å²) in [4.78, 5) is 0. The molecule has 1 saturated carbocycles. The lowest BCUT2D eigenvalue weighted by Crippen LogP contribution is -2.45. The van der Waals surface area contributed by atoms with Gasteiger partial charge in [0.05, 0.1) is 0 Å². The molecular weight excluding hydrogens is 230 g/mol. The Bertz CT molecular complexity index is 256. The van der Waals surface area contributed by atoms with Crippen LogP contribution in [0.15, 0.2) is 12.7 Å². The number of allylic oxidation sites excluding steroid dienone is 1. The van der Waals surface area contributed by atoms with Crippen LogP contribution in [0.4, 0.5) is 0 Å². The van der Waals surface area contributed by atoms with Crippen molar-refractivity contribution in [2.45, 2.75) is 78.2 Å². The van der Waals surface area contributed by atoms with Crippen LogP contribution in [-0.4, -0.2) is 13.1 Å². The van der Waals surface area contributed by atoms with Crippen molar-refractivity contribution >= 4 is 0 Å². The molecule has 0 bridgehead atoms. The van der Waals surface area contributed by atoms with Crippen LogP contribution in [0.1, 0.15) is 72.1 Å². The van der Waals surface area contributed by atoms with Gasteiger partial charge in [-0.15, -0.1) is 6.58 Å². The van der Waals surface area contributed by atoms with Crippen LogP contribution in [0.25, 0.3) is 0 Å². The standard InChI is InChI=1S/C18H35N/c1-6-7-8-9-10-13-18(3,4)16-12-11-15(2)14-17(16)19-5/h6,15-17,19H,1,7-14H2,2-5H3. The molecule has 0 aromatic heterocycles. The van der Waals surface area contributed by atoms with Crippen LogP contribution in [0.2, 0.25) is 0 Å². The molecule has 1 nitrogen and oxygen atoms in total. The molecule has 0 saturated heterocycles. The Kier molecular flexibility index (Phi) is 7.13. The van der Waals surface area contributed by atoms with E-state index in [4.69, 9.17) is 0 Å². The summed E-state index contributed by atoms with van der Waals surface area (Å²) < 4.78 is 0. The summed E-state index contributed by atoms with van der Waals surface area (Å²) in [5, 5.41) is 3.59. The summed E-state index contributed by atoms with van der Waals surface area (Å²) in [7, 11) is 2.15. The molecular formula is C18H35N. The second kappa shape index (κ2) is 8.09. The minimum Gasteiger partial charge on any atom is -0.317 e. The van der Waals surface area contributed by atoms with Gasteiger partial charge in [0, 0.05) is 6.04 Å². The highest BCUT2D eigenvalue weighted by Crippen LogP contribution is 2.43. The molecule has 0 spiro atoms. The lowest BCUT2D eigenvalue weighted by molar-refractivity contribution is 0.0879. The van der Waals surface area contributed by atoms with Crippen LogP contribution in [0.5, 0.6) is 0 Å². The highest BCUT2D eigenvalue weighted by molar-refractivity contribution is 4.91. The van der Waals surface area contributed by atoms with Crippen molar-refractivity contribution < 1.29 is 0 Å². The molecule has 0 amide bonds. The van der Waals surface area contributed by atoms with Gasteiger partial charge in [-0.1, -0.05) is 46.1 Å². The molecule has 0 aromatic rings. The molecule has 1 fully saturated rings. The zero-order chi connectivity index (χ0) is 14.3. The van der Waals surface area contributed by atoms with Crippen molar-refractivity contribution in [3.8, 4) is 0 Å². The molecule has 1 N–H and O–H groups in total. The molecule has 3 unspecified atom stereocenters. The van der Waals surface area contributed by atoms with Crippen molar-refractivity contribution in [2.24, 2.45) is 17.3 Å². The third-order valence-electron chi connectivity index (χ3n) is 5.22. The first-order valence-electron chi connectivity index (χ1n) is 8.29. The zero-order valence-corrected chi connectivity index (χ0v) is 13.7. The third-order valence-corrected chi connectivity index (χ3v) is 5.22. The lowest BCUT2D eigenvalue weighted by atomic mass is 9.64. The summed E-state index contributed by atoms with van der Waals surface area (Å²) in [5.41, 5.74) is 0.488. The highest BCUT2D eigenvalue weighted by atomic mass is 14.9. The fraction of sp³-hybridized carbons (Fsp3) is 0.889. The van der Waals surface area contributed by atoms with E-state index in [1.165, 1.54) is 51.4 Å². The first-order chi connectivity index (χ1) is 9.01. The van der Waals surface area contributed by atoms with Gasteiger partial charge in [0.2, 0.25) is 0 Å². The van der Waals surface area contributed by atoms with Gasteiger partial charge < -0.3 is 5.32 Å². The average molecular weight is 265 g/mol. The largest absolute Gasteiger partial charge is 0.317 e. The molecule has 1 rings (SSSR count). The minimum atomic E-state index is 0.488. The van der Waals surface area contributed by atoms with Gasteiger partial charge in [0.15, 0.2) is 0 Å². The fourth-order valence-electron chi connectivity index (χ4n) is 3.87. The molecule has 19 heavy (non-hydrogen) atoms. The summed E-state index contributed by atoms with van der Waals surface area (Å²) in [6.45, 7) is 11.2. The predicted octanol–water partition coefficient (Wildman–Crippen LogP) is 5.17. The van der Waals surface area contributed by atoms with Crippen LogP contribution in [0, 0.1) is 17.3 Å². The second-order valence-electron chi connectivity index (χ2n) is 7.30. The summed E-state index contributed by atoms with van der Waals surface area (Å²) >= 11 is 0. The van der Waals surface area contributed by atoms with Gasteiger partial charge in [-0.2, -0.15) is 0 Å². The van der Waals surface area contributed by atoms with E-state index >= 15 is 0 Å². The van der Waals surface area contributed by atoms with E-state index < -0.39 is 0 Å². The molecule has 0 aromatic carbocycles. The minimum absolute atomic E-state index is 0.488. The Morgan fingerprint density at radius 3 is 2.58 bits per heavy atom. The van der Waals surface area contributed by atoms with Crippen LogP contribution < -0.4 is 5.32 Å². The van der Waals surface area contributed by atoms with Gasteiger partial charge in [0.1, 0.15) is 0 Å². The van der Waals surface area contributed by atoms with Gasteiger partial charge >= 0.3 is 0 Å². The summed E-state index contributed by atoms with van der Waals surface area (Å²) in [6, 6.07) is 0.729. The average Bonchev–Trinajstić information content (AvgIpc) is 2.38. The normalized spacial score (nSPS) is 28.3. The Morgan fingerprint density at radius 1 is 1.21 bits per heavy atom. The van der Waals surface area contributed by atoms with E-state index in [9.17, 15) is 0 Å². The van der Waals surface area contributed by atoms with Gasteiger partial charge in [0.25, 0.3) is 0 Å². The molecule has 3 atom stereocenters. The van der Waals surface area contributed by atoms with E-state index in [0.29, 0.717) is 5.41 Å².